The fourth-order valence-corrected chi connectivity index (χ4v) is 2.10. The molecule has 1 aromatic carbocycles. The number of alkyl halides is 2. The molecule has 1 unspecified atom stereocenters. The highest BCUT2D eigenvalue weighted by Gasteiger charge is 2.43. The van der Waals surface area contributed by atoms with E-state index >= 15 is 0 Å². The number of nitrogens with one attached hydrogen (secondary N) is 1. The summed E-state index contributed by atoms with van der Waals surface area (Å²) in [6.07, 6.45) is 0.438. The van der Waals surface area contributed by atoms with Crippen LogP contribution in [0.1, 0.15) is 5.56 Å². The van der Waals surface area contributed by atoms with Gasteiger partial charge in [0, 0.05) is 16.9 Å². The molecule has 4 heteroatoms. The summed E-state index contributed by atoms with van der Waals surface area (Å²) >= 11 is 3.32. The Bertz CT molecular complexity index is 337. The van der Waals surface area contributed by atoms with Crippen molar-refractivity contribution in [2.45, 2.75) is 12.3 Å². The van der Waals surface area contributed by atoms with Gasteiger partial charge in [0.25, 0.3) is 5.92 Å². The molecule has 1 saturated heterocycles. The van der Waals surface area contributed by atoms with Crippen molar-refractivity contribution in [3.8, 4) is 0 Å². The largest absolute Gasteiger partial charge is 0.311 e. The van der Waals surface area contributed by atoms with Crippen LogP contribution >= 0.6 is 15.9 Å². The van der Waals surface area contributed by atoms with Crippen LogP contribution in [0.3, 0.4) is 0 Å². The topological polar surface area (TPSA) is 12.0 Å². The van der Waals surface area contributed by atoms with E-state index in [1.807, 2.05) is 24.3 Å². The summed E-state index contributed by atoms with van der Waals surface area (Å²) < 4.78 is 27.6. The normalized spacial score (nSPS) is 24.3. The fourth-order valence-electron chi connectivity index (χ4n) is 1.83. The third-order valence-corrected chi connectivity index (χ3v) is 3.27. The summed E-state index contributed by atoms with van der Waals surface area (Å²) in [5.41, 5.74) is 0.964. The van der Waals surface area contributed by atoms with Crippen LogP contribution in [0.5, 0.6) is 0 Å². The molecule has 1 N–H and O–H groups in total. The fraction of sp³-hybridized carbons (Fsp3) is 0.455. The van der Waals surface area contributed by atoms with Crippen LogP contribution in [0.4, 0.5) is 8.78 Å². The van der Waals surface area contributed by atoms with Crippen molar-refractivity contribution in [3.63, 3.8) is 0 Å². The molecule has 0 aromatic heterocycles. The average molecular weight is 276 g/mol. The van der Waals surface area contributed by atoms with Gasteiger partial charge < -0.3 is 5.32 Å². The number of halogens is 3. The maximum absolute atomic E-state index is 13.3. The molecule has 1 atom stereocenters. The zero-order chi connectivity index (χ0) is 10.9. The van der Waals surface area contributed by atoms with Gasteiger partial charge >= 0.3 is 0 Å². The Labute approximate surface area is 96.0 Å². The van der Waals surface area contributed by atoms with Crippen molar-refractivity contribution in [1.29, 1.82) is 0 Å². The van der Waals surface area contributed by atoms with Crippen molar-refractivity contribution >= 4 is 15.9 Å². The molecule has 0 spiro atoms. The van der Waals surface area contributed by atoms with Gasteiger partial charge in [-0.1, -0.05) is 28.1 Å². The van der Waals surface area contributed by atoms with E-state index in [1.165, 1.54) is 0 Å². The zero-order valence-electron chi connectivity index (χ0n) is 8.14. The van der Waals surface area contributed by atoms with E-state index in [0.717, 1.165) is 10.0 Å². The van der Waals surface area contributed by atoms with Crippen LogP contribution in [0.15, 0.2) is 28.7 Å². The molecule has 82 valence electrons. The lowest BCUT2D eigenvalue weighted by atomic mass is 9.96. The first-order valence-corrected chi connectivity index (χ1v) is 5.70. The Kier molecular flexibility index (Phi) is 3.07. The molecule has 1 nitrogen and oxygen atoms in total. The number of hydrogen-bond donors (Lipinski definition) is 1. The Balaban J connectivity index is 2.06. The predicted molar refractivity (Wildman–Crippen MR) is 59.2 cm³/mol. The molecule has 0 saturated carbocycles. The summed E-state index contributed by atoms with van der Waals surface area (Å²) in [5.74, 6) is -3.13. The molecule has 1 aromatic rings. The highest BCUT2D eigenvalue weighted by atomic mass is 79.9. The van der Waals surface area contributed by atoms with Crippen LogP contribution < -0.4 is 5.32 Å². The summed E-state index contributed by atoms with van der Waals surface area (Å²) in [6.45, 7) is 0.220. The van der Waals surface area contributed by atoms with Gasteiger partial charge in [0.05, 0.1) is 6.54 Å². The lowest BCUT2D eigenvalue weighted by molar-refractivity contribution is -0.0212. The van der Waals surface area contributed by atoms with Crippen LogP contribution in [-0.4, -0.2) is 19.0 Å². The predicted octanol–water partition coefficient (Wildman–Crippen LogP) is 2.85. The second kappa shape index (κ2) is 4.18. The summed E-state index contributed by atoms with van der Waals surface area (Å²) in [7, 11) is 0. The van der Waals surface area contributed by atoms with Crippen LogP contribution in [0, 0.1) is 5.92 Å². The van der Waals surface area contributed by atoms with Gasteiger partial charge in [-0.15, -0.1) is 0 Å². The highest BCUT2D eigenvalue weighted by Crippen LogP contribution is 2.30. The lowest BCUT2D eigenvalue weighted by Crippen LogP contribution is -2.28. The lowest BCUT2D eigenvalue weighted by Gasteiger charge is -2.17. The van der Waals surface area contributed by atoms with E-state index < -0.39 is 11.8 Å². The van der Waals surface area contributed by atoms with E-state index in [2.05, 4.69) is 21.2 Å². The van der Waals surface area contributed by atoms with E-state index in [-0.39, 0.29) is 6.54 Å². The number of hydrogen-bond acceptors (Lipinski definition) is 1. The average Bonchev–Trinajstić information content (AvgIpc) is 2.50. The van der Waals surface area contributed by atoms with Gasteiger partial charge in [-0.2, -0.15) is 0 Å². The molecule has 1 aliphatic heterocycles. The van der Waals surface area contributed by atoms with Gasteiger partial charge in [0.2, 0.25) is 0 Å². The molecular formula is C11H12BrF2N. The second-order valence-corrected chi connectivity index (χ2v) is 4.84. The standard InChI is InChI=1S/C11H12BrF2N/c12-10-3-1-8(2-4-10)5-9-6-15-7-11(9,13)14/h1-4,9,15H,5-7H2. The SMILES string of the molecule is FC1(F)CNCC1Cc1ccc(Br)cc1. The summed E-state index contributed by atoms with van der Waals surface area (Å²) in [4.78, 5) is 0. The van der Waals surface area contributed by atoms with Gasteiger partial charge in [0.15, 0.2) is 0 Å². The monoisotopic (exact) mass is 275 g/mol. The first-order chi connectivity index (χ1) is 7.08. The van der Waals surface area contributed by atoms with Crippen molar-refractivity contribution in [2.75, 3.05) is 13.1 Å². The Hall–Kier alpha value is -0.480. The van der Waals surface area contributed by atoms with Crippen molar-refractivity contribution < 1.29 is 8.78 Å². The van der Waals surface area contributed by atoms with Crippen LogP contribution in [-0.2, 0) is 6.42 Å². The van der Waals surface area contributed by atoms with Crippen LogP contribution in [0.2, 0.25) is 0 Å². The minimum atomic E-state index is -2.56. The molecule has 2 rings (SSSR count). The quantitative estimate of drug-likeness (QED) is 0.875. The van der Waals surface area contributed by atoms with E-state index in [0.29, 0.717) is 13.0 Å². The third-order valence-electron chi connectivity index (χ3n) is 2.74. The smallest absolute Gasteiger partial charge is 0.264 e. The molecule has 1 aliphatic rings. The second-order valence-electron chi connectivity index (χ2n) is 3.92. The third kappa shape index (κ3) is 2.55. The van der Waals surface area contributed by atoms with Crippen LogP contribution in [0.25, 0.3) is 0 Å². The van der Waals surface area contributed by atoms with Gasteiger partial charge in [-0.25, -0.2) is 8.78 Å². The molecule has 0 amide bonds. The minimum Gasteiger partial charge on any atom is -0.311 e. The maximum Gasteiger partial charge on any atom is 0.264 e. The number of benzene rings is 1. The maximum atomic E-state index is 13.3. The molecular weight excluding hydrogens is 264 g/mol. The Morgan fingerprint density at radius 3 is 2.53 bits per heavy atom. The Morgan fingerprint density at radius 2 is 2.00 bits per heavy atom. The minimum absolute atomic E-state index is 0.186. The number of rotatable bonds is 2. The summed E-state index contributed by atoms with van der Waals surface area (Å²) in [6, 6.07) is 7.54. The zero-order valence-corrected chi connectivity index (χ0v) is 9.73. The van der Waals surface area contributed by atoms with Gasteiger partial charge in [-0.3, -0.25) is 0 Å². The first kappa shape index (κ1) is 11.0. The van der Waals surface area contributed by atoms with E-state index in [4.69, 9.17) is 0 Å². The van der Waals surface area contributed by atoms with E-state index in [9.17, 15) is 8.78 Å². The van der Waals surface area contributed by atoms with Crippen molar-refractivity contribution in [3.05, 3.63) is 34.3 Å². The molecule has 1 fully saturated rings. The molecule has 1 heterocycles. The van der Waals surface area contributed by atoms with Crippen molar-refractivity contribution in [2.24, 2.45) is 5.92 Å². The Morgan fingerprint density at radius 1 is 1.33 bits per heavy atom. The van der Waals surface area contributed by atoms with Gasteiger partial charge in [0.1, 0.15) is 0 Å². The van der Waals surface area contributed by atoms with Gasteiger partial charge in [-0.05, 0) is 24.1 Å². The summed E-state index contributed by atoms with van der Waals surface area (Å²) in [5, 5.41) is 2.73. The molecule has 0 bridgehead atoms. The molecule has 0 radical (unpaired) electrons. The molecule has 0 aliphatic carbocycles. The molecule has 15 heavy (non-hydrogen) atoms. The highest BCUT2D eigenvalue weighted by molar-refractivity contribution is 9.10. The first-order valence-electron chi connectivity index (χ1n) is 4.91. The van der Waals surface area contributed by atoms with E-state index in [1.54, 1.807) is 0 Å². The van der Waals surface area contributed by atoms with Crippen molar-refractivity contribution in [1.82, 2.24) is 5.32 Å².